The first-order chi connectivity index (χ1) is 17.9. The van der Waals surface area contributed by atoms with Crippen LogP contribution in [0.25, 0.3) is 32.2 Å². The van der Waals surface area contributed by atoms with Crippen molar-refractivity contribution in [2.45, 2.75) is 37.4 Å². The normalized spacial score (nSPS) is 23.6. The van der Waals surface area contributed by atoms with Crippen LogP contribution in [-0.2, 0) is 0 Å². The topological polar surface area (TPSA) is 92.4 Å². The van der Waals surface area contributed by atoms with E-state index in [1.165, 1.54) is 11.3 Å². The molecule has 2 unspecified atom stereocenters. The zero-order chi connectivity index (χ0) is 25.3. The molecule has 2 bridgehead atoms. The van der Waals surface area contributed by atoms with Crippen molar-refractivity contribution in [2.24, 2.45) is 0 Å². The lowest BCUT2D eigenvalue weighted by Crippen LogP contribution is -2.67. The van der Waals surface area contributed by atoms with Gasteiger partial charge in [0, 0.05) is 47.7 Å². The van der Waals surface area contributed by atoms with Crippen molar-refractivity contribution in [2.75, 3.05) is 43.9 Å². The van der Waals surface area contributed by atoms with E-state index < -0.39 is 5.82 Å². The van der Waals surface area contributed by atoms with Crippen molar-refractivity contribution in [1.82, 2.24) is 25.2 Å². The zero-order valence-corrected chi connectivity index (χ0v) is 21.9. The maximum absolute atomic E-state index is 16.4. The second-order valence-electron chi connectivity index (χ2n) is 10.3. The fourth-order valence-electron chi connectivity index (χ4n) is 5.93. The number of nitrogens with one attached hydrogen (secondary N) is 1. The van der Waals surface area contributed by atoms with Crippen LogP contribution in [0.1, 0.15) is 19.3 Å². The number of aromatic nitrogens is 3. The molecule has 3 N–H and O–H groups in total. The van der Waals surface area contributed by atoms with Crippen LogP contribution in [0.5, 0.6) is 6.01 Å². The Hall–Kier alpha value is -2.79. The number of benzene rings is 2. The highest BCUT2D eigenvalue weighted by Gasteiger charge is 2.38. The summed E-state index contributed by atoms with van der Waals surface area (Å²) >= 11 is 8.14. The van der Waals surface area contributed by atoms with E-state index in [-0.39, 0.29) is 22.1 Å². The Balaban J connectivity index is 1.37. The summed E-state index contributed by atoms with van der Waals surface area (Å²) in [5, 5.41) is 4.84. The summed E-state index contributed by atoms with van der Waals surface area (Å²) in [6, 6.07) is 8.69. The molecule has 37 heavy (non-hydrogen) atoms. The highest BCUT2D eigenvalue weighted by Crippen LogP contribution is 2.42. The molecule has 8 rings (SSSR count). The summed E-state index contributed by atoms with van der Waals surface area (Å²) in [5.74, 6) is 0.160. The third-order valence-electron chi connectivity index (χ3n) is 7.85. The molecule has 2 aromatic heterocycles. The lowest BCUT2D eigenvalue weighted by molar-refractivity contribution is 0.187. The Labute approximate surface area is 222 Å². The van der Waals surface area contributed by atoms with Crippen LogP contribution in [0.2, 0.25) is 5.02 Å². The summed E-state index contributed by atoms with van der Waals surface area (Å²) in [5.41, 5.74) is 7.65. The molecule has 4 aromatic rings. The largest absolute Gasteiger partial charge is 0.462 e. The van der Waals surface area contributed by atoms with Crippen LogP contribution in [0.15, 0.2) is 24.3 Å². The van der Waals surface area contributed by atoms with Crippen LogP contribution >= 0.6 is 22.9 Å². The van der Waals surface area contributed by atoms with E-state index in [1.54, 1.807) is 6.07 Å². The van der Waals surface area contributed by atoms with Gasteiger partial charge in [-0.3, -0.25) is 0 Å². The van der Waals surface area contributed by atoms with Gasteiger partial charge < -0.3 is 25.6 Å². The second kappa shape index (κ2) is 8.90. The van der Waals surface area contributed by atoms with Gasteiger partial charge in [-0.15, -0.1) is 0 Å². The number of likely N-dealkylation sites (N-methyl/N-ethyl adjacent to an activating group) is 1. The molecule has 192 valence electrons. The standard InChI is InChI=1S/C26H27ClFN7OS/c1-34-7-3-4-15(34)12-36-26-32-23-17(24(33-26)35-10-13-8-14(11-35)30-13)9-18(27)20(21(23)28)16-5-2-6-19-22(16)31-25(29)37-19/h2,5-6,9,13-15,30H,3-4,7-8,10-12H2,1H3,(H2,29,31)/t13?,14?,15-/m0/s1. The number of ether oxygens (including phenoxy) is 1. The third kappa shape index (κ3) is 3.98. The summed E-state index contributed by atoms with van der Waals surface area (Å²) in [6.45, 7) is 3.11. The van der Waals surface area contributed by atoms with Gasteiger partial charge >= 0.3 is 6.01 Å². The smallest absolute Gasteiger partial charge is 0.319 e. The number of nitrogens with zero attached hydrogens (tertiary/aromatic N) is 5. The molecular formula is C26H27ClFN7OS. The van der Waals surface area contributed by atoms with E-state index in [1.807, 2.05) is 18.2 Å². The predicted octanol–water partition coefficient (Wildman–Crippen LogP) is 4.30. The number of likely N-dealkylation sites (tertiary alicyclic amines) is 1. The first-order valence-electron chi connectivity index (χ1n) is 12.6. The molecule has 2 aromatic carbocycles. The lowest BCUT2D eigenvalue weighted by atomic mass is 9.91. The molecular weight excluding hydrogens is 513 g/mol. The Morgan fingerprint density at radius 2 is 2.03 bits per heavy atom. The first kappa shape index (κ1) is 23.3. The average Bonchev–Trinajstić information content (AvgIpc) is 3.46. The monoisotopic (exact) mass is 539 g/mol. The maximum atomic E-state index is 16.4. The summed E-state index contributed by atoms with van der Waals surface area (Å²) < 4.78 is 23.4. The van der Waals surface area contributed by atoms with Gasteiger partial charge in [0.25, 0.3) is 0 Å². The van der Waals surface area contributed by atoms with E-state index in [2.05, 4.69) is 32.1 Å². The molecule has 0 aliphatic carbocycles. The quantitative estimate of drug-likeness (QED) is 0.388. The SMILES string of the molecule is CN1CCC[C@H]1COc1nc(N2CC3CC(C2)N3)c2cc(Cl)c(-c3cccc4sc(N)nc34)c(F)c2n1. The van der Waals surface area contributed by atoms with Crippen molar-refractivity contribution >= 4 is 55.0 Å². The predicted molar refractivity (Wildman–Crippen MR) is 146 cm³/mol. The van der Waals surface area contributed by atoms with Crippen molar-refractivity contribution in [3.8, 4) is 17.1 Å². The molecule has 11 heteroatoms. The Bertz CT molecular complexity index is 1510. The molecule has 4 saturated heterocycles. The van der Waals surface area contributed by atoms with Crippen LogP contribution < -0.4 is 20.7 Å². The first-order valence-corrected chi connectivity index (χ1v) is 13.8. The van der Waals surface area contributed by atoms with Crippen LogP contribution in [0.4, 0.5) is 15.3 Å². The van der Waals surface area contributed by atoms with E-state index in [9.17, 15) is 0 Å². The number of hydrogen-bond donors (Lipinski definition) is 2. The number of rotatable bonds is 5. The van der Waals surface area contributed by atoms with Crippen LogP contribution in [-0.4, -0.2) is 71.3 Å². The van der Waals surface area contributed by atoms with E-state index in [0.717, 1.165) is 43.6 Å². The summed E-state index contributed by atoms with van der Waals surface area (Å²) in [7, 11) is 2.10. The average molecular weight is 540 g/mol. The van der Waals surface area contributed by atoms with Gasteiger partial charge in [-0.25, -0.2) is 9.37 Å². The molecule has 0 spiro atoms. The van der Waals surface area contributed by atoms with Gasteiger partial charge in [0.15, 0.2) is 10.9 Å². The number of piperazine rings is 1. The molecule has 4 aliphatic rings. The number of hydrogen-bond acceptors (Lipinski definition) is 9. The number of fused-ring (bicyclic) bond motifs is 4. The van der Waals surface area contributed by atoms with Crippen molar-refractivity contribution < 1.29 is 9.13 Å². The number of thiazole rings is 1. The molecule has 6 heterocycles. The molecule has 0 radical (unpaired) electrons. The number of anilines is 2. The van der Waals surface area contributed by atoms with E-state index >= 15 is 4.39 Å². The minimum atomic E-state index is -0.506. The molecule has 4 fully saturated rings. The van der Waals surface area contributed by atoms with Gasteiger partial charge in [-0.1, -0.05) is 35.1 Å². The van der Waals surface area contributed by atoms with Gasteiger partial charge in [-0.2, -0.15) is 9.97 Å². The van der Waals surface area contributed by atoms with Gasteiger partial charge in [0.2, 0.25) is 0 Å². The molecule has 8 nitrogen and oxygen atoms in total. The van der Waals surface area contributed by atoms with E-state index in [0.29, 0.717) is 52.1 Å². The fourth-order valence-corrected chi connectivity index (χ4v) is 6.98. The molecule has 3 atom stereocenters. The van der Waals surface area contributed by atoms with Crippen molar-refractivity contribution in [1.29, 1.82) is 0 Å². The minimum Gasteiger partial charge on any atom is -0.462 e. The Morgan fingerprint density at radius 1 is 1.22 bits per heavy atom. The highest BCUT2D eigenvalue weighted by atomic mass is 35.5. The summed E-state index contributed by atoms with van der Waals surface area (Å²) in [6.07, 6.45) is 3.35. The van der Waals surface area contributed by atoms with Crippen molar-refractivity contribution in [3.05, 3.63) is 35.1 Å². The van der Waals surface area contributed by atoms with Crippen LogP contribution in [0.3, 0.4) is 0 Å². The van der Waals surface area contributed by atoms with Crippen molar-refractivity contribution in [3.63, 3.8) is 0 Å². The second-order valence-corrected chi connectivity index (χ2v) is 11.7. The Kier molecular flexibility index (Phi) is 5.62. The number of piperidine rings is 1. The van der Waals surface area contributed by atoms with E-state index in [4.69, 9.17) is 27.1 Å². The number of para-hydroxylation sites is 1. The molecule has 0 amide bonds. The molecule has 4 aliphatic heterocycles. The van der Waals surface area contributed by atoms with Crippen LogP contribution in [0, 0.1) is 5.82 Å². The lowest BCUT2D eigenvalue weighted by Gasteiger charge is -2.48. The fraction of sp³-hybridized carbons (Fsp3) is 0.423. The molecule has 0 saturated carbocycles. The van der Waals surface area contributed by atoms with Gasteiger partial charge in [-0.05, 0) is 45.0 Å². The summed E-state index contributed by atoms with van der Waals surface area (Å²) in [4.78, 5) is 18.3. The Morgan fingerprint density at radius 3 is 2.78 bits per heavy atom. The van der Waals surface area contributed by atoms with Gasteiger partial charge in [0.05, 0.1) is 15.2 Å². The minimum absolute atomic E-state index is 0.193. The zero-order valence-electron chi connectivity index (χ0n) is 20.4. The number of nitrogens with two attached hydrogens (primary N) is 1. The number of halogens is 2. The van der Waals surface area contributed by atoms with Gasteiger partial charge in [0.1, 0.15) is 17.9 Å². The third-order valence-corrected chi connectivity index (χ3v) is 8.99. The maximum Gasteiger partial charge on any atom is 0.319 e. The number of nitrogen functional groups attached to an aromatic ring is 1. The highest BCUT2D eigenvalue weighted by molar-refractivity contribution is 7.22.